The fourth-order valence-electron chi connectivity index (χ4n) is 2.81. The minimum absolute atomic E-state index is 0.179. The lowest BCUT2D eigenvalue weighted by molar-refractivity contribution is -0.144. The van der Waals surface area contributed by atoms with Gasteiger partial charge < -0.3 is 15.0 Å². The second-order valence-corrected chi connectivity index (χ2v) is 5.88. The highest BCUT2D eigenvalue weighted by Crippen LogP contribution is 2.12. The summed E-state index contributed by atoms with van der Waals surface area (Å²) in [6.07, 6.45) is 1.26. The van der Waals surface area contributed by atoms with Crippen LogP contribution in [0.2, 0.25) is 0 Å². The number of morpholine rings is 1. The van der Waals surface area contributed by atoms with E-state index in [1.165, 1.54) is 6.08 Å². The van der Waals surface area contributed by atoms with Crippen LogP contribution in [0.1, 0.15) is 5.69 Å². The number of ether oxygens (including phenoxy) is 1. The Morgan fingerprint density at radius 3 is 3.00 bits per heavy atom. The zero-order chi connectivity index (χ0) is 17.6. The number of hydrogen-bond donors (Lipinski definition) is 1. The van der Waals surface area contributed by atoms with Gasteiger partial charge in [-0.2, -0.15) is 0 Å². The average molecular weight is 339 g/mol. The number of para-hydroxylation sites is 1. The summed E-state index contributed by atoms with van der Waals surface area (Å²) in [4.78, 5) is 30.0. The molecule has 130 valence electrons. The highest BCUT2D eigenvalue weighted by atomic mass is 16.5. The van der Waals surface area contributed by atoms with Crippen LogP contribution in [0.4, 0.5) is 0 Å². The summed E-state index contributed by atoms with van der Waals surface area (Å²) in [5.41, 5.74) is 1.87. The average Bonchev–Trinajstić information content (AvgIpc) is 2.67. The van der Waals surface area contributed by atoms with Crippen molar-refractivity contribution in [2.24, 2.45) is 0 Å². The molecule has 2 heterocycles. The molecule has 2 aromatic rings. The minimum atomic E-state index is -0.637. The number of aromatic nitrogens is 1. The molecule has 1 aliphatic heterocycles. The van der Waals surface area contributed by atoms with Crippen LogP contribution in [0, 0.1) is 0 Å². The number of benzene rings is 1. The second-order valence-electron chi connectivity index (χ2n) is 5.88. The third kappa shape index (κ3) is 4.22. The van der Waals surface area contributed by atoms with E-state index in [0.717, 1.165) is 16.6 Å². The van der Waals surface area contributed by atoms with Crippen LogP contribution in [0.25, 0.3) is 10.9 Å². The lowest BCUT2D eigenvalue weighted by atomic mass is 10.2. The van der Waals surface area contributed by atoms with E-state index in [1.54, 1.807) is 4.90 Å². The summed E-state index contributed by atoms with van der Waals surface area (Å²) >= 11 is 0. The third-order valence-corrected chi connectivity index (χ3v) is 4.18. The number of nitrogens with zero attached hydrogens (tertiary/aromatic N) is 2. The van der Waals surface area contributed by atoms with Gasteiger partial charge in [-0.3, -0.25) is 14.6 Å². The number of carbonyl (C=O) groups excluding carboxylic acids is 2. The molecule has 0 spiro atoms. The first-order valence-corrected chi connectivity index (χ1v) is 8.32. The summed E-state index contributed by atoms with van der Waals surface area (Å²) in [6.45, 7) is 5.03. The maximum Gasteiger partial charge on any atom is 0.251 e. The SMILES string of the molecule is C=CC(=O)N1CCOC(C(=O)NCCc2ccc3ccccc3n2)C1. The Bertz CT molecular complexity index is 790. The summed E-state index contributed by atoms with van der Waals surface area (Å²) in [7, 11) is 0. The Hall–Kier alpha value is -2.73. The molecule has 0 saturated carbocycles. The summed E-state index contributed by atoms with van der Waals surface area (Å²) in [6, 6.07) is 11.9. The molecule has 1 aromatic heterocycles. The van der Waals surface area contributed by atoms with Crippen molar-refractivity contribution < 1.29 is 14.3 Å². The van der Waals surface area contributed by atoms with E-state index >= 15 is 0 Å². The molecule has 1 aliphatic rings. The highest BCUT2D eigenvalue weighted by Gasteiger charge is 2.28. The van der Waals surface area contributed by atoms with Gasteiger partial charge in [0.1, 0.15) is 0 Å². The standard InChI is InChI=1S/C19H21N3O3/c1-2-18(23)22-11-12-25-17(13-22)19(24)20-10-9-15-8-7-14-5-3-4-6-16(14)21-15/h2-8,17H,1,9-13H2,(H,20,24). The van der Waals surface area contributed by atoms with E-state index in [0.29, 0.717) is 26.1 Å². The first kappa shape index (κ1) is 17.1. The molecule has 25 heavy (non-hydrogen) atoms. The van der Waals surface area contributed by atoms with Crippen molar-refractivity contribution in [3.05, 3.63) is 54.7 Å². The summed E-state index contributed by atoms with van der Waals surface area (Å²) in [5, 5.41) is 3.95. The van der Waals surface area contributed by atoms with Gasteiger partial charge in [0.15, 0.2) is 6.10 Å². The van der Waals surface area contributed by atoms with Crippen LogP contribution in [-0.2, 0) is 20.7 Å². The van der Waals surface area contributed by atoms with Crippen molar-refractivity contribution >= 4 is 22.7 Å². The van der Waals surface area contributed by atoms with Crippen LogP contribution in [0.15, 0.2) is 49.1 Å². The van der Waals surface area contributed by atoms with Gasteiger partial charge in [-0.25, -0.2) is 0 Å². The predicted molar refractivity (Wildman–Crippen MR) is 95.0 cm³/mol. The van der Waals surface area contributed by atoms with Gasteiger partial charge in [-0.1, -0.05) is 30.8 Å². The van der Waals surface area contributed by atoms with Gasteiger partial charge in [0.2, 0.25) is 5.91 Å². The Morgan fingerprint density at radius 1 is 1.32 bits per heavy atom. The number of amides is 2. The van der Waals surface area contributed by atoms with E-state index in [9.17, 15) is 9.59 Å². The molecular formula is C19H21N3O3. The molecule has 1 atom stereocenters. The molecule has 0 aliphatic carbocycles. The zero-order valence-electron chi connectivity index (χ0n) is 14.0. The molecule has 1 saturated heterocycles. The molecule has 1 unspecified atom stereocenters. The Morgan fingerprint density at radius 2 is 2.16 bits per heavy atom. The van der Waals surface area contributed by atoms with E-state index in [4.69, 9.17) is 4.74 Å². The molecular weight excluding hydrogens is 318 g/mol. The molecule has 6 heteroatoms. The minimum Gasteiger partial charge on any atom is -0.365 e. The van der Waals surface area contributed by atoms with E-state index < -0.39 is 6.10 Å². The molecule has 0 bridgehead atoms. The maximum atomic E-state index is 12.2. The predicted octanol–water partition coefficient (Wildman–Crippen LogP) is 1.31. The molecule has 2 amide bonds. The van der Waals surface area contributed by atoms with Gasteiger partial charge in [-0.05, 0) is 18.2 Å². The monoisotopic (exact) mass is 339 g/mol. The number of nitrogens with one attached hydrogen (secondary N) is 1. The first-order chi connectivity index (χ1) is 12.2. The van der Waals surface area contributed by atoms with Crippen molar-refractivity contribution in [3.63, 3.8) is 0 Å². The van der Waals surface area contributed by atoms with Crippen molar-refractivity contribution in [2.45, 2.75) is 12.5 Å². The van der Waals surface area contributed by atoms with Crippen LogP contribution >= 0.6 is 0 Å². The molecule has 3 rings (SSSR count). The van der Waals surface area contributed by atoms with E-state index in [2.05, 4.69) is 16.9 Å². The number of pyridine rings is 1. The lowest BCUT2D eigenvalue weighted by Gasteiger charge is -2.31. The normalized spacial score (nSPS) is 17.3. The zero-order valence-corrected chi connectivity index (χ0v) is 14.0. The van der Waals surface area contributed by atoms with Crippen LogP contribution in [0.5, 0.6) is 0 Å². The molecule has 0 radical (unpaired) electrons. The summed E-state index contributed by atoms with van der Waals surface area (Å²) < 4.78 is 5.47. The molecule has 1 aromatic carbocycles. The van der Waals surface area contributed by atoms with Crippen LogP contribution in [-0.4, -0.2) is 54.0 Å². The number of fused-ring (bicyclic) bond motifs is 1. The second kappa shape index (κ2) is 7.90. The fourth-order valence-corrected chi connectivity index (χ4v) is 2.81. The number of carbonyl (C=O) groups is 2. The van der Waals surface area contributed by atoms with Gasteiger partial charge in [0.25, 0.3) is 5.91 Å². The van der Waals surface area contributed by atoms with Crippen molar-refractivity contribution in [1.29, 1.82) is 0 Å². The quantitative estimate of drug-likeness (QED) is 0.834. The Balaban J connectivity index is 1.51. The van der Waals surface area contributed by atoms with Crippen LogP contribution < -0.4 is 5.32 Å². The van der Waals surface area contributed by atoms with Crippen molar-refractivity contribution in [1.82, 2.24) is 15.2 Å². The fraction of sp³-hybridized carbons (Fsp3) is 0.316. The Kier molecular flexibility index (Phi) is 5.40. The van der Waals surface area contributed by atoms with E-state index in [1.807, 2.05) is 36.4 Å². The van der Waals surface area contributed by atoms with Gasteiger partial charge in [-0.15, -0.1) is 0 Å². The molecule has 1 fully saturated rings. The van der Waals surface area contributed by atoms with Gasteiger partial charge >= 0.3 is 0 Å². The largest absolute Gasteiger partial charge is 0.365 e. The smallest absolute Gasteiger partial charge is 0.251 e. The Labute approximate surface area is 146 Å². The van der Waals surface area contributed by atoms with Crippen molar-refractivity contribution in [3.8, 4) is 0 Å². The van der Waals surface area contributed by atoms with Crippen molar-refractivity contribution in [2.75, 3.05) is 26.2 Å². The third-order valence-electron chi connectivity index (χ3n) is 4.18. The molecule has 6 nitrogen and oxygen atoms in total. The van der Waals surface area contributed by atoms with Gasteiger partial charge in [0.05, 0.1) is 18.7 Å². The number of hydrogen-bond acceptors (Lipinski definition) is 4. The topological polar surface area (TPSA) is 71.5 Å². The first-order valence-electron chi connectivity index (χ1n) is 8.32. The number of rotatable bonds is 5. The molecule has 1 N–H and O–H groups in total. The summed E-state index contributed by atoms with van der Waals surface area (Å²) in [5.74, 6) is -0.385. The van der Waals surface area contributed by atoms with Crippen LogP contribution in [0.3, 0.4) is 0 Å². The van der Waals surface area contributed by atoms with Gasteiger partial charge in [0, 0.05) is 30.6 Å². The van der Waals surface area contributed by atoms with E-state index in [-0.39, 0.29) is 18.4 Å². The maximum absolute atomic E-state index is 12.2. The lowest BCUT2D eigenvalue weighted by Crippen LogP contribution is -2.51. The highest BCUT2D eigenvalue weighted by molar-refractivity contribution is 5.88.